The van der Waals surface area contributed by atoms with Crippen LogP contribution in [-0.2, 0) is 19.1 Å². The van der Waals surface area contributed by atoms with E-state index in [4.69, 9.17) is 14.5 Å². The SMILES string of the molecule is COC(=O)N[C@@H](C(=O)N1CCCC1c1[nH]cnc1-c1cccc(C#Cc2ccc3nc([C@@H]4CCCN4C(=O)[C@H](NC(=O)OC)C(C)C)[nH]c3c2)c1)C(C)C. The Balaban J connectivity index is 1.19. The molecule has 0 saturated carbocycles. The molecule has 1 unspecified atom stereocenters. The molecule has 0 aliphatic carbocycles. The van der Waals surface area contributed by atoms with Gasteiger partial charge in [0.15, 0.2) is 0 Å². The largest absolute Gasteiger partial charge is 0.453 e. The Morgan fingerprint density at radius 1 is 0.815 bits per heavy atom. The van der Waals surface area contributed by atoms with E-state index in [1.807, 2.05) is 75.1 Å². The highest BCUT2D eigenvalue weighted by atomic mass is 16.5. The zero-order valence-corrected chi connectivity index (χ0v) is 31.6. The fourth-order valence-electron chi connectivity index (χ4n) is 7.34. The van der Waals surface area contributed by atoms with Crippen molar-refractivity contribution in [3.8, 4) is 23.1 Å². The minimum atomic E-state index is -0.712. The van der Waals surface area contributed by atoms with Gasteiger partial charge in [0.1, 0.15) is 17.9 Å². The van der Waals surface area contributed by atoms with Crippen LogP contribution in [0.15, 0.2) is 48.8 Å². The number of H-pyrrole nitrogens is 2. The number of aromatic nitrogens is 4. The van der Waals surface area contributed by atoms with E-state index in [9.17, 15) is 19.2 Å². The summed E-state index contributed by atoms with van der Waals surface area (Å²) in [6.07, 6.45) is 3.56. The van der Waals surface area contributed by atoms with Crippen LogP contribution in [-0.4, -0.2) is 93.1 Å². The molecule has 2 fully saturated rings. The van der Waals surface area contributed by atoms with Crippen molar-refractivity contribution in [2.45, 2.75) is 77.5 Å². The Hall–Kier alpha value is -5.84. The number of nitrogens with zero attached hydrogens (tertiary/aromatic N) is 4. The number of carbonyl (C=O) groups excluding carboxylic acids is 4. The number of benzene rings is 2. The van der Waals surface area contributed by atoms with E-state index in [-0.39, 0.29) is 35.7 Å². The van der Waals surface area contributed by atoms with E-state index in [0.717, 1.165) is 64.8 Å². The summed E-state index contributed by atoms with van der Waals surface area (Å²) in [6, 6.07) is 11.8. The molecular weight excluding hydrogens is 688 g/mol. The molecule has 6 rings (SSSR count). The molecule has 284 valence electrons. The number of hydrogen-bond acceptors (Lipinski definition) is 8. The number of nitrogens with one attached hydrogen (secondary N) is 4. The highest BCUT2D eigenvalue weighted by Crippen LogP contribution is 2.37. The van der Waals surface area contributed by atoms with Gasteiger partial charge >= 0.3 is 12.2 Å². The lowest BCUT2D eigenvalue weighted by Crippen LogP contribution is -2.51. The normalized spacial score (nSPS) is 18.0. The van der Waals surface area contributed by atoms with Crippen LogP contribution in [0.5, 0.6) is 0 Å². The number of carbonyl (C=O) groups is 4. The van der Waals surface area contributed by atoms with Gasteiger partial charge in [-0.2, -0.15) is 0 Å². The standard InChI is InChI=1S/C40H48N8O6/c1-23(2)32(45-39(51)53-5)37(49)47-18-8-12-30(47)35-34(41-22-42-35)27-11-7-10-25(20-27)14-15-26-16-17-28-29(21-26)44-36(43-28)31-13-9-19-48(31)38(50)33(24(3)4)46-40(52)54-6/h7,10-11,16-17,20-24,30-33H,8-9,12-13,18-19H2,1-6H3,(H,41,42)(H,43,44)(H,45,51)(H,46,52)/t30?,31-,32+,33+/m0/s1. The molecule has 4 heterocycles. The van der Waals surface area contributed by atoms with Crippen LogP contribution >= 0.6 is 0 Å². The number of amides is 4. The lowest BCUT2D eigenvalue weighted by Gasteiger charge is -2.30. The maximum Gasteiger partial charge on any atom is 0.407 e. The maximum atomic E-state index is 13.7. The predicted octanol–water partition coefficient (Wildman–Crippen LogP) is 5.44. The number of imidazole rings is 2. The molecule has 4 atom stereocenters. The highest BCUT2D eigenvalue weighted by molar-refractivity contribution is 5.87. The molecule has 54 heavy (non-hydrogen) atoms. The van der Waals surface area contributed by atoms with E-state index in [0.29, 0.717) is 18.9 Å². The topological polar surface area (TPSA) is 175 Å². The van der Waals surface area contributed by atoms with Crippen molar-refractivity contribution in [2.75, 3.05) is 27.3 Å². The third-order valence-corrected chi connectivity index (χ3v) is 10.2. The minimum Gasteiger partial charge on any atom is -0.453 e. The molecule has 14 heteroatoms. The molecule has 14 nitrogen and oxygen atoms in total. The number of fused-ring (bicyclic) bond motifs is 1. The molecule has 0 spiro atoms. The molecule has 2 aromatic carbocycles. The van der Waals surface area contributed by atoms with Crippen LogP contribution in [0.3, 0.4) is 0 Å². The van der Waals surface area contributed by atoms with Crippen LogP contribution in [0.4, 0.5) is 9.59 Å². The maximum absolute atomic E-state index is 13.7. The molecule has 0 radical (unpaired) electrons. The fraction of sp³-hybridized carbons (Fsp3) is 0.450. The van der Waals surface area contributed by atoms with Gasteiger partial charge in [-0.15, -0.1) is 0 Å². The molecule has 4 N–H and O–H groups in total. The summed E-state index contributed by atoms with van der Waals surface area (Å²) in [4.78, 5) is 71.1. The van der Waals surface area contributed by atoms with Crippen molar-refractivity contribution < 1.29 is 28.7 Å². The molecule has 4 amide bonds. The number of aromatic amines is 2. The summed E-state index contributed by atoms with van der Waals surface area (Å²) >= 11 is 0. The zero-order valence-electron chi connectivity index (χ0n) is 31.6. The Morgan fingerprint density at radius 3 is 2.02 bits per heavy atom. The first kappa shape index (κ1) is 37.9. The average molecular weight is 737 g/mol. The van der Waals surface area contributed by atoms with Gasteiger partial charge in [0, 0.05) is 29.8 Å². The van der Waals surface area contributed by atoms with E-state index >= 15 is 0 Å². The second-order valence-corrected chi connectivity index (χ2v) is 14.4. The quantitative estimate of drug-likeness (QED) is 0.164. The molecule has 4 aromatic rings. The third kappa shape index (κ3) is 8.05. The van der Waals surface area contributed by atoms with Crippen molar-refractivity contribution >= 4 is 35.0 Å². The lowest BCUT2D eigenvalue weighted by molar-refractivity contribution is -0.136. The van der Waals surface area contributed by atoms with Crippen molar-refractivity contribution in [1.82, 2.24) is 40.4 Å². The van der Waals surface area contributed by atoms with E-state index in [1.165, 1.54) is 14.2 Å². The lowest BCUT2D eigenvalue weighted by atomic mass is 10.00. The summed E-state index contributed by atoms with van der Waals surface area (Å²) in [5, 5.41) is 5.39. The number of likely N-dealkylation sites (tertiary alicyclic amines) is 2. The summed E-state index contributed by atoms with van der Waals surface area (Å²) in [5.41, 5.74) is 5.65. The van der Waals surface area contributed by atoms with Crippen LogP contribution in [0.1, 0.15) is 88.1 Å². The second kappa shape index (κ2) is 16.4. The molecular formula is C40H48N8O6. The second-order valence-electron chi connectivity index (χ2n) is 14.4. The van der Waals surface area contributed by atoms with Crippen molar-refractivity contribution in [2.24, 2.45) is 11.8 Å². The highest BCUT2D eigenvalue weighted by Gasteiger charge is 2.39. The smallest absolute Gasteiger partial charge is 0.407 e. The van der Waals surface area contributed by atoms with Crippen LogP contribution < -0.4 is 10.6 Å². The molecule has 2 saturated heterocycles. The van der Waals surface area contributed by atoms with Crippen molar-refractivity contribution in [3.63, 3.8) is 0 Å². The Kier molecular flexibility index (Phi) is 11.5. The molecule has 0 bridgehead atoms. The Morgan fingerprint density at radius 2 is 1.41 bits per heavy atom. The third-order valence-electron chi connectivity index (χ3n) is 10.2. The molecule has 2 aliphatic heterocycles. The van der Waals surface area contributed by atoms with Crippen LogP contribution in [0, 0.1) is 23.7 Å². The van der Waals surface area contributed by atoms with Gasteiger partial charge in [-0.05, 0) is 67.9 Å². The van der Waals surface area contributed by atoms with E-state index < -0.39 is 24.3 Å². The molecule has 2 aliphatic rings. The number of hydrogen-bond donors (Lipinski definition) is 4. The first-order chi connectivity index (χ1) is 26.0. The summed E-state index contributed by atoms with van der Waals surface area (Å²) < 4.78 is 9.53. The zero-order chi connectivity index (χ0) is 38.5. The number of alkyl carbamates (subject to hydrolysis) is 2. The van der Waals surface area contributed by atoms with Gasteiger partial charge in [-0.3, -0.25) is 9.59 Å². The van der Waals surface area contributed by atoms with Gasteiger partial charge in [0.2, 0.25) is 11.8 Å². The van der Waals surface area contributed by atoms with Gasteiger partial charge < -0.3 is 39.9 Å². The monoisotopic (exact) mass is 736 g/mol. The average Bonchev–Trinajstić information content (AvgIpc) is 4.00. The van der Waals surface area contributed by atoms with E-state index in [2.05, 4.69) is 37.4 Å². The fourth-order valence-corrected chi connectivity index (χ4v) is 7.34. The predicted molar refractivity (Wildman–Crippen MR) is 202 cm³/mol. The molecule has 2 aromatic heterocycles. The number of ether oxygens (including phenoxy) is 2. The van der Waals surface area contributed by atoms with Crippen LogP contribution in [0.2, 0.25) is 0 Å². The minimum absolute atomic E-state index is 0.120. The summed E-state index contributed by atoms with van der Waals surface area (Å²) in [7, 11) is 2.57. The van der Waals surface area contributed by atoms with Gasteiger partial charge in [0.05, 0.1) is 55.1 Å². The number of methoxy groups -OCH3 is 2. The van der Waals surface area contributed by atoms with Gasteiger partial charge in [0.25, 0.3) is 0 Å². The Bertz CT molecular complexity index is 2080. The Labute approximate surface area is 314 Å². The van der Waals surface area contributed by atoms with Crippen molar-refractivity contribution in [3.05, 3.63) is 71.4 Å². The van der Waals surface area contributed by atoms with E-state index in [1.54, 1.807) is 11.2 Å². The van der Waals surface area contributed by atoms with Crippen molar-refractivity contribution in [1.29, 1.82) is 0 Å². The first-order valence-electron chi connectivity index (χ1n) is 18.4. The first-order valence-corrected chi connectivity index (χ1v) is 18.4. The summed E-state index contributed by atoms with van der Waals surface area (Å²) in [6.45, 7) is 8.73. The number of rotatable bonds is 9. The summed E-state index contributed by atoms with van der Waals surface area (Å²) in [5.74, 6) is 6.71. The van der Waals surface area contributed by atoms with Gasteiger partial charge in [-0.1, -0.05) is 51.7 Å². The van der Waals surface area contributed by atoms with Crippen LogP contribution in [0.25, 0.3) is 22.3 Å². The van der Waals surface area contributed by atoms with Gasteiger partial charge in [-0.25, -0.2) is 19.6 Å².